The number of hydrogen-bond donors (Lipinski definition) is 1. The van der Waals surface area contributed by atoms with Gasteiger partial charge >= 0.3 is 0 Å². The van der Waals surface area contributed by atoms with E-state index in [0.29, 0.717) is 24.5 Å². The number of alkyl halides is 2. The van der Waals surface area contributed by atoms with Crippen LogP contribution in [0.2, 0.25) is 0 Å². The highest BCUT2D eigenvalue weighted by atomic mass is 19.3. The van der Waals surface area contributed by atoms with Gasteiger partial charge in [-0.1, -0.05) is 54.6 Å². The molecule has 0 amide bonds. The molecule has 0 saturated heterocycles. The number of ketones is 1. The first-order chi connectivity index (χ1) is 14.5. The molecule has 3 rings (SSSR count). The van der Waals surface area contributed by atoms with Gasteiger partial charge in [0, 0.05) is 24.4 Å². The van der Waals surface area contributed by atoms with E-state index in [9.17, 15) is 18.4 Å². The minimum atomic E-state index is -2.40. The first kappa shape index (κ1) is 21.4. The van der Waals surface area contributed by atoms with Crippen molar-refractivity contribution in [1.29, 1.82) is 0 Å². The molecule has 0 fully saturated rings. The molecule has 1 aromatic heterocycles. The summed E-state index contributed by atoms with van der Waals surface area (Å²) in [4.78, 5) is 24.8. The minimum absolute atomic E-state index is 0.0965. The van der Waals surface area contributed by atoms with Crippen molar-refractivity contribution >= 4 is 5.78 Å². The Labute approximate surface area is 172 Å². The summed E-state index contributed by atoms with van der Waals surface area (Å²) in [6, 6.07) is 19.3. The molecule has 0 saturated carbocycles. The molecule has 7 heteroatoms. The van der Waals surface area contributed by atoms with Crippen LogP contribution >= 0.6 is 0 Å². The smallest absolute Gasteiger partial charge is 0.254 e. The molecular weight excluding hydrogens is 390 g/mol. The standard InChI is InChI=1S/C23H22F2N2O3/c24-22(25)14-26-13-17-6-8-19(9-7-17)21(28)15-27-11-10-20(12-23(27)29)30-16-18-4-2-1-3-5-18/h1-12,22,26H,13-16H2. The fraction of sp³-hybridized carbons (Fsp3) is 0.217. The normalized spacial score (nSPS) is 10.9. The molecule has 0 atom stereocenters. The summed E-state index contributed by atoms with van der Waals surface area (Å²) in [5.41, 5.74) is 1.90. The SMILES string of the molecule is O=C(Cn1ccc(OCc2ccccc2)cc1=O)c1ccc(CNCC(F)F)cc1. The van der Waals surface area contributed by atoms with Gasteiger partial charge in [0.1, 0.15) is 12.4 Å². The minimum Gasteiger partial charge on any atom is -0.489 e. The summed E-state index contributed by atoms with van der Waals surface area (Å²) in [7, 11) is 0. The van der Waals surface area contributed by atoms with E-state index in [1.807, 2.05) is 30.3 Å². The Kier molecular flexibility index (Phi) is 7.45. The van der Waals surface area contributed by atoms with Crippen LogP contribution in [-0.2, 0) is 19.7 Å². The lowest BCUT2D eigenvalue weighted by Gasteiger charge is -2.09. The van der Waals surface area contributed by atoms with E-state index in [0.717, 1.165) is 11.1 Å². The average molecular weight is 412 g/mol. The third-order valence-electron chi connectivity index (χ3n) is 4.43. The molecule has 5 nitrogen and oxygen atoms in total. The number of rotatable bonds is 10. The first-order valence-electron chi connectivity index (χ1n) is 9.49. The lowest BCUT2D eigenvalue weighted by molar-refractivity contribution is 0.0970. The molecule has 0 radical (unpaired) electrons. The molecule has 30 heavy (non-hydrogen) atoms. The van der Waals surface area contributed by atoms with Crippen molar-refractivity contribution in [3.8, 4) is 5.75 Å². The fourth-order valence-electron chi connectivity index (χ4n) is 2.83. The van der Waals surface area contributed by atoms with Crippen molar-refractivity contribution in [2.45, 2.75) is 26.1 Å². The maximum Gasteiger partial charge on any atom is 0.254 e. The van der Waals surface area contributed by atoms with Gasteiger partial charge in [-0.15, -0.1) is 0 Å². The first-order valence-corrected chi connectivity index (χ1v) is 9.49. The topological polar surface area (TPSA) is 60.3 Å². The highest BCUT2D eigenvalue weighted by molar-refractivity contribution is 5.95. The van der Waals surface area contributed by atoms with Crippen LogP contribution in [0.15, 0.2) is 77.7 Å². The van der Waals surface area contributed by atoms with Crippen LogP contribution < -0.4 is 15.6 Å². The molecule has 0 aliphatic heterocycles. The molecule has 1 N–H and O–H groups in total. The molecule has 0 aliphatic carbocycles. The Morgan fingerprint density at radius 1 is 1.00 bits per heavy atom. The summed E-state index contributed by atoms with van der Waals surface area (Å²) < 4.78 is 31.2. The average Bonchev–Trinajstić information content (AvgIpc) is 2.75. The van der Waals surface area contributed by atoms with Crippen molar-refractivity contribution in [3.05, 3.63) is 100.0 Å². The van der Waals surface area contributed by atoms with E-state index >= 15 is 0 Å². The van der Waals surface area contributed by atoms with E-state index in [4.69, 9.17) is 4.74 Å². The molecule has 1 heterocycles. The highest BCUT2D eigenvalue weighted by Crippen LogP contribution is 2.11. The molecule has 0 unspecified atom stereocenters. The monoisotopic (exact) mass is 412 g/mol. The number of nitrogens with one attached hydrogen (secondary N) is 1. The number of Topliss-reactive ketones (excluding diaryl/α,β-unsaturated/α-hetero) is 1. The van der Waals surface area contributed by atoms with Crippen molar-refractivity contribution in [1.82, 2.24) is 9.88 Å². The second-order valence-electron chi connectivity index (χ2n) is 6.74. The van der Waals surface area contributed by atoms with E-state index in [1.54, 1.807) is 30.3 Å². The third kappa shape index (κ3) is 6.35. The van der Waals surface area contributed by atoms with Crippen LogP contribution in [-0.4, -0.2) is 23.3 Å². The van der Waals surface area contributed by atoms with Crippen LogP contribution in [0.3, 0.4) is 0 Å². The second-order valence-corrected chi connectivity index (χ2v) is 6.74. The Morgan fingerprint density at radius 2 is 1.73 bits per heavy atom. The number of carbonyl (C=O) groups excluding carboxylic acids is 1. The zero-order chi connectivity index (χ0) is 21.3. The molecule has 0 bridgehead atoms. The predicted molar refractivity (Wildman–Crippen MR) is 110 cm³/mol. The van der Waals surface area contributed by atoms with Crippen LogP contribution in [0, 0.1) is 0 Å². The van der Waals surface area contributed by atoms with E-state index in [-0.39, 0.29) is 24.4 Å². The lowest BCUT2D eigenvalue weighted by Crippen LogP contribution is -2.23. The largest absolute Gasteiger partial charge is 0.489 e. The van der Waals surface area contributed by atoms with Gasteiger partial charge in [0.25, 0.3) is 12.0 Å². The maximum atomic E-state index is 12.5. The van der Waals surface area contributed by atoms with Gasteiger partial charge in [-0.25, -0.2) is 8.78 Å². The van der Waals surface area contributed by atoms with Gasteiger partial charge in [0.2, 0.25) is 0 Å². The van der Waals surface area contributed by atoms with E-state index < -0.39 is 6.43 Å². The zero-order valence-corrected chi connectivity index (χ0v) is 16.3. The Hall–Kier alpha value is -3.32. The lowest BCUT2D eigenvalue weighted by atomic mass is 10.1. The second kappa shape index (κ2) is 10.5. The number of ether oxygens (including phenoxy) is 1. The molecule has 156 valence electrons. The van der Waals surface area contributed by atoms with Gasteiger partial charge in [-0.3, -0.25) is 9.59 Å². The van der Waals surface area contributed by atoms with Gasteiger partial charge in [-0.05, 0) is 17.2 Å². The molecule has 0 aliphatic rings. The number of carbonyl (C=O) groups is 1. The molecule has 3 aromatic rings. The van der Waals surface area contributed by atoms with Crippen molar-refractivity contribution in [2.24, 2.45) is 0 Å². The van der Waals surface area contributed by atoms with Crippen LogP contribution in [0.1, 0.15) is 21.5 Å². The quantitative estimate of drug-likeness (QED) is 0.517. The van der Waals surface area contributed by atoms with Gasteiger partial charge in [0.15, 0.2) is 5.78 Å². The third-order valence-corrected chi connectivity index (χ3v) is 4.43. The molecule has 0 spiro atoms. The van der Waals surface area contributed by atoms with Gasteiger partial charge < -0.3 is 14.6 Å². The Bertz CT molecular complexity index is 1020. The number of nitrogens with zero attached hydrogens (tertiary/aromatic N) is 1. The van der Waals surface area contributed by atoms with Crippen molar-refractivity contribution in [3.63, 3.8) is 0 Å². The van der Waals surface area contributed by atoms with E-state index in [1.165, 1.54) is 16.8 Å². The van der Waals surface area contributed by atoms with E-state index in [2.05, 4.69) is 5.32 Å². The summed E-state index contributed by atoms with van der Waals surface area (Å²) in [6.07, 6.45) is -0.872. The Morgan fingerprint density at radius 3 is 2.40 bits per heavy atom. The maximum absolute atomic E-state index is 12.5. The van der Waals surface area contributed by atoms with Crippen LogP contribution in [0.25, 0.3) is 0 Å². The number of aromatic nitrogens is 1. The molecule has 2 aromatic carbocycles. The van der Waals surface area contributed by atoms with Crippen LogP contribution in [0.4, 0.5) is 8.78 Å². The number of benzene rings is 2. The number of hydrogen-bond acceptors (Lipinski definition) is 4. The summed E-state index contributed by atoms with van der Waals surface area (Å²) in [5.74, 6) is 0.218. The zero-order valence-electron chi connectivity index (χ0n) is 16.3. The van der Waals surface area contributed by atoms with Crippen LogP contribution in [0.5, 0.6) is 5.75 Å². The fourth-order valence-corrected chi connectivity index (χ4v) is 2.83. The summed E-state index contributed by atoms with van der Waals surface area (Å²) in [6.45, 7) is 0.167. The number of pyridine rings is 1. The molecular formula is C23H22F2N2O3. The highest BCUT2D eigenvalue weighted by Gasteiger charge is 2.09. The summed E-state index contributed by atoms with van der Waals surface area (Å²) in [5, 5.41) is 2.63. The predicted octanol–water partition coefficient (Wildman–Crippen LogP) is 3.66. The van der Waals surface area contributed by atoms with Crippen molar-refractivity contribution < 1.29 is 18.3 Å². The summed E-state index contributed by atoms with van der Waals surface area (Å²) >= 11 is 0. The Balaban J connectivity index is 1.56. The van der Waals surface area contributed by atoms with Gasteiger partial charge in [0.05, 0.1) is 13.1 Å². The van der Waals surface area contributed by atoms with Gasteiger partial charge in [-0.2, -0.15) is 0 Å². The van der Waals surface area contributed by atoms with Crippen molar-refractivity contribution in [2.75, 3.05) is 6.54 Å². The number of halogens is 2.